The van der Waals surface area contributed by atoms with Gasteiger partial charge in [-0.3, -0.25) is 25.3 Å². The maximum absolute atomic E-state index is 13.2. The largest absolute Gasteiger partial charge is 0.497 e. The summed E-state index contributed by atoms with van der Waals surface area (Å²) in [5.74, 6) is 20.2. The van der Waals surface area contributed by atoms with E-state index < -0.39 is 11.5 Å². The molecule has 99 heavy (non-hydrogen) atoms. The Morgan fingerprint density at radius 2 is 1.08 bits per heavy atom. The Morgan fingerprint density at radius 1 is 0.495 bits per heavy atom. The lowest BCUT2D eigenvalue weighted by atomic mass is 9.85. The number of benzene rings is 6. The van der Waals surface area contributed by atoms with Crippen molar-refractivity contribution in [3.63, 3.8) is 0 Å². The van der Waals surface area contributed by atoms with Crippen LogP contribution in [0.4, 0.5) is 8.78 Å². The van der Waals surface area contributed by atoms with Gasteiger partial charge in [-0.25, -0.2) is 4.98 Å². The fourth-order valence-electron chi connectivity index (χ4n) is 11.7. The average Bonchev–Trinajstić information content (AvgIpc) is 1.67. The summed E-state index contributed by atoms with van der Waals surface area (Å²) in [7, 11) is 1.66. The quantitative estimate of drug-likeness (QED) is 0.108. The molecular formula is C79H63F2N13O5. The Kier molecular flexibility index (Phi) is 17.8. The third-order valence-corrected chi connectivity index (χ3v) is 17.2. The van der Waals surface area contributed by atoms with Crippen LogP contribution in [0, 0.1) is 88.4 Å². The van der Waals surface area contributed by atoms with Crippen LogP contribution < -0.4 is 9.47 Å². The van der Waals surface area contributed by atoms with E-state index in [9.17, 15) is 14.0 Å². The minimum absolute atomic E-state index is 0.0873. The van der Waals surface area contributed by atoms with Gasteiger partial charge in [0.05, 0.1) is 115 Å². The second-order valence-electron chi connectivity index (χ2n) is 24.6. The van der Waals surface area contributed by atoms with Crippen LogP contribution in [0.1, 0.15) is 127 Å². The van der Waals surface area contributed by atoms with E-state index in [2.05, 4.69) is 140 Å². The summed E-state index contributed by atoms with van der Waals surface area (Å²) < 4.78 is 53.8. The van der Waals surface area contributed by atoms with E-state index in [0.29, 0.717) is 59.9 Å². The van der Waals surface area contributed by atoms with E-state index in [0.717, 1.165) is 139 Å². The first-order chi connectivity index (χ1) is 47.8. The van der Waals surface area contributed by atoms with E-state index in [4.69, 9.17) is 18.3 Å². The fraction of sp³-hybridized carbons (Fsp3) is 0.190. The maximum Gasteiger partial charge on any atom is 0.394 e. The number of aromatic amines is 3. The zero-order chi connectivity index (χ0) is 69.1. The molecule has 0 spiro atoms. The fourth-order valence-corrected chi connectivity index (χ4v) is 11.7. The number of halogens is 2. The van der Waals surface area contributed by atoms with Gasteiger partial charge in [-0.1, -0.05) is 93.6 Å². The van der Waals surface area contributed by atoms with Gasteiger partial charge in [-0.05, 0) is 173 Å². The molecule has 15 aromatic rings. The Labute approximate surface area is 567 Å². The standard InChI is InChI=1S/C29H25N5O.C26H20F2N4O2.C24H18N4O2/c1-17-18(2)23(11-9-22-10-12-24-26(32-22)15-31-33-24)28-27(19(17)3)25(34-35-28)14-20-7-6-8-21(13-20)29(4,5)16-30;1-15-21(10-8-17-7-9-19-14-29-31-22(19)12-17)25-24(16(2)30-15)23(32-34-25)13-18-5-4-6-20(11-18)33-26(3,27)28;1-15-20(8-6-16-7-9-22-18(10-16)13-26-27-22)24-21(14-25-15)23(28-30-24)12-17-4-3-5-19(11-17)29-2/h6-8,10,12-13,15H,14H2,1-5H3,(H,31,33);4-7,9,11-12,14H,13H2,1-3H3,(H,29,31);3-5,7,9-11,13-14H,12H2,1-2H3,(H,26,27). The highest BCUT2D eigenvalue weighted by Gasteiger charge is 2.26. The van der Waals surface area contributed by atoms with E-state index in [1.165, 1.54) is 11.6 Å². The second-order valence-corrected chi connectivity index (χ2v) is 24.6. The third kappa shape index (κ3) is 14.0. The predicted octanol–water partition coefficient (Wildman–Crippen LogP) is 15.9. The number of fused-ring (bicyclic) bond motifs is 6. The molecule has 0 atom stereocenters. The van der Waals surface area contributed by atoms with Crippen LogP contribution >= 0.6 is 0 Å². The maximum atomic E-state index is 13.2. The van der Waals surface area contributed by atoms with Crippen LogP contribution in [0.2, 0.25) is 0 Å². The number of pyridine rings is 3. The average molecular weight is 1310 g/mol. The molecule has 6 aromatic carbocycles. The molecule has 0 fully saturated rings. The van der Waals surface area contributed by atoms with Crippen molar-refractivity contribution >= 4 is 65.7 Å². The van der Waals surface area contributed by atoms with Gasteiger partial charge in [0.15, 0.2) is 16.7 Å². The predicted molar refractivity (Wildman–Crippen MR) is 374 cm³/mol. The minimum Gasteiger partial charge on any atom is -0.497 e. The smallest absolute Gasteiger partial charge is 0.394 e. The molecule has 0 radical (unpaired) electrons. The number of methoxy groups -OCH3 is 1. The van der Waals surface area contributed by atoms with Crippen molar-refractivity contribution in [3.8, 4) is 53.1 Å². The van der Waals surface area contributed by atoms with Crippen molar-refractivity contribution < 1.29 is 31.8 Å². The number of aryl methyl sites for hydroxylation is 4. The Morgan fingerprint density at radius 3 is 1.82 bits per heavy atom. The van der Waals surface area contributed by atoms with Crippen LogP contribution in [-0.2, 0) is 24.7 Å². The number of H-pyrrole nitrogens is 3. The van der Waals surface area contributed by atoms with Crippen LogP contribution in [0.3, 0.4) is 0 Å². The summed E-state index contributed by atoms with van der Waals surface area (Å²) in [6.07, 6.45) is 5.39. The molecule has 0 aliphatic heterocycles. The monoisotopic (exact) mass is 1310 g/mol. The molecule has 0 saturated carbocycles. The van der Waals surface area contributed by atoms with Gasteiger partial charge in [0, 0.05) is 59.7 Å². The number of nitrogens with one attached hydrogen (secondary N) is 3. The molecule has 0 aliphatic carbocycles. The van der Waals surface area contributed by atoms with Crippen molar-refractivity contribution in [2.45, 2.75) is 93.1 Å². The van der Waals surface area contributed by atoms with Gasteiger partial charge < -0.3 is 23.0 Å². The van der Waals surface area contributed by atoms with Crippen molar-refractivity contribution in [2.24, 2.45) is 0 Å². The zero-order valence-electron chi connectivity index (χ0n) is 55.7. The van der Waals surface area contributed by atoms with Crippen LogP contribution in [0.5, 0.6) is 11.5 Å². The topological polar surface area (TPSA) is 245 Å². The van der Waals surface area contributed by atoms with Crippen LogP contribution in [0.15, 0.2) is 160 Å². The summed E-state index contributed by atoms with van der Waals surface area (Å²) >= 11 is 0. The molecule has 0 saturated heterocycles. The molecule has 18 nitrogen and oxygen atoms in total. The molecule has 9 aromatic heterocycles. The number of aromatic nitrogens is 12. The van der Waals surface area contributed by atoms with Crippen molar-refractivity contribution in [2.75, 3.05) is 7.11 Å². The Balaban J connectivity index is 0.000000134. The molecule has 0 aliphatic rings. The second kappa shape index (κ2) is 27.1. The van der Waals surface area contributed by atoms with Gasteiger partial charge in [-0.15, -0.1) is 0 Å². The molecule has 9 heterocycles. The SMILES string of the molecule is COc1cccc(Cc2noc3c(C#Cc4ccc5[nH]ncc5c4)c(C)ncc23)c1.Cc1c(C)c(C)c2c(Cc3cccc(C(C)(C)C#N)c3)noc2c1C#Cc1ccc2[nH]ncc2n1.Cc1nc(C)c2c(Cc3cccc(OC(C)(F)F)c3)noc2c1C#Cc1ccc2cn[nH]c2c1. The van der Waals surface area contributed by atoms with Gasteiger partial charge >= 0.3 is 6.11 Å². The molecular weight excluding hydrogens is 1250 g/mol. The van der Waals surface area contributed by atoms with E-state index in [-0.39, 0.29) is 5.75 Å². The van der Waals surface area contributed by atoms with E-state index >= 15 is 0 Å². The minimum atomic E-state index is -3.26. The summed E-state index contributed by atoms with van der Waals surface area (Å²) in [6.45, 7) is 16.5. The summed E-state index contributed by atoms with van der Waals surface area (Å²) in [5.41, 5.74) is 21.5. The van der Waals surface area contributed by atoms with Crippen molar-refractivity contribution in [1.29, 1.82) is 5.26 Å². The van der Waals surface area contributed by atoms with E-state index in [1.54, 1.807) is 44.0 Å². The number of ether oxygens (including phenoxy) is 2. The van der Waals surface area contributed by atoms with Gasteiger partial charge in [0.1, 0.15) is 22.7 Å². The summed E-state index contributed by atoms with van der Waals surface area (Å²) in [4.78, 5) is 13.7. The molecule has 3 N–H and O–H groups in total. The number of hydrogen-bond acceptors (Lipinski definition) is 15. The van der Waals surface area contributed by atoms with Gasteiger partial charge in [-0.2, -0.15) is 29.3 Å². The third-order valence-electron chi connectivity index (χ3n) is 17.2. The highest BCUT2D eigenvalue weighted by atomic mass is 19.3. The molecule has 20 heteroatoms. The number of alkyl halides is 2. The van der Waals surface area contributed by atoms with Crippen LogP contribution in [-0.4, -0.2) is 74.2 Å². The zero-order valence-corrected chi connectivity index (χ0v) is 55.7. The Bertz CT molecular complexity index is 5860. The number of nitrogens with zero attached hydrogens (tertiary/aromatic N) is 10. The molecule has 15 rings (SSSR count). The lowest BCUT2D eigenvalue weighted by molar-refractivity contribution is -0.159. The molecule has 0 unspecified atom stereocenters. The highest BCUT2D eigenvalue weighted by Crippen LogP contribution is 2.35. The summed E-state index contributed by atoms with van der Waals surface area (Å²) in [6, 6.07) is 40.6. The lowest BCUT2D eigenvalue weighted by Gasteiger charge is -2.16. The first-order valence-corrected chi connectivity index (χ1v) is 31.7. The molecule has 0 bridgehead atoms. The van der Waals surface area contributed by atoms with Gasteiger partial charge in [0.25, 0.3) is 0 Å². The first kappa shape index (κ1) is 64.9. The van der Waals surface area contributed by atoms with Gasteiger partial charge in [0.2, 0.25) is 0 Å². The van der Waals surface area contributed by atoms with Crippen LogP contribution in [0.25, 0.3) is 65.7 Å². The van der Waals surface area contributed by atoms with Crippen molar-refractivity contribution in [3.05, 3.63) is 253 Å². The Hall–Kier alpha value is -12.8. The number of rotatable bonds is 10. The number of hydrogen-bond donors (Lipinski definition) is 3. The summed E-state index contributed by atoms with van der Waals surface area (Å²) in [5, 5.41) is 48.1. The first-order valence-electron chi connectivity index (χ1n) is 31.7. The lowest BCUT2D eigenvalue weighted by Crippen LogP contribution is -2.19. The molecule has 488 valence electrons. The van der Waals surface area contributed by atoms with Crippen molar-refractivity contribution in [1.82, 2.24) is 61.0 Å². The highest BCUT2D eigenvalue weighted by molar-refractivity contribution is 5.92. The number of nitriles is 1. The molecule has 0 amide bonds. The van der Waals surface area contributed by atoms with E-state index in [1.807, 2.05) is 126 Å². The normalized spacial score (nSPS) is 11.3.